The van der Waals surface area contributed by atoms with Crippen molar-refractivity contribution in [2.45, 2.75) is 38.6 Å². The van der Waals surface area contributed by atoms with Gasteiger partial charge >= 0.3 is 5.97 Å². The number of carbonyl (C=O) groups is 1. The van der Waals surface area contributed by atoms with Crippen molar-refractivity contribution in [1.29, 1.82) is 0 Å². The highest BCUT2D eigenvalue weighted by molar-refractivity contribution is 5.73. The van der Waals surface area contributed by atoms with E-state index < -0.39 is 0 Å². The fraction of sp³-hybridized carbons (Fsp3) is 0.800. The van der Waals surface area contributed by atoms with Crippen molar-refractivity contribution in [2.75, 3.05) is 6.61 Å². The maximum atomic E-state index is 11.4. The lowest BCUT2D eigenvalue weighted by Crippen LogP contribution is -2.30. The van der Waals surface area contributed by atoms with Gasteiger partial charge in [-0.1, -0.05) is 6.42 Å². The quantitative estimate of drug-likeness (QED) is 0.482. The molecule has 0 aromatic heterocycles. The Morgan fingerprint density at radius 3 is 2.85 bits per heavy atom. The maximum Gasteiger partial charge on any atom is 0.316 e. The van der Waals surface area contributed by atoms with Gasteiger partial charge in [-0.2, -0.15) is 0 Å². The molecule has 13 heavy (non-hydrogen) atoms. The van der Waals surface area contributed by atoms with Gasteiger partial charge in [0, 0.05) is 6.42 Å². The first-order chi connectivity index (χ1) is 6.29. The molecular formula is C10H15NO2. The molecule has 0 bridgehead atoms. The molecule has 0 unspecified atom stereocenters. The van der Waals surface area contributed by atoms with Crippen LogP contribution in [0.5, 0.6) is 0 Å². The zero-order valence-corrected chi connectivity index (χ0v) is 7.95. The second-order valence-corrected chi connectivity index (χ2v) is 3.34. The predicted molar refractivity (Wildman–Crippen MR) is 49.0 cm³/mol. The van der Waals surface area contributed by atoms with Crippen LogP contribution in [0.3, 0.4) is 0 Å². The summed E-state index contributed by atoms with van der Waals surface area (Å²) in [5.41, 5.74) is 0. The highest BCUT2D eigenvalue weighted by Gasteiger charge is 2.36. The van der Waals surface area contributed by atoms with Gasteiger partial charge in [0.25, 0.3) is 0 Å². The molecule has 0 radical (unpaired) electrons. The van der Waals surface area contributed by atoms with Gasteiger partial charge in [0.05, 0.1) is 6.61 Å². The second-order valence-electron chi connectivity index (χ2n) is 3.34. The van der Waals surface area contributed by atoms with E-state index in [-0.39, 0.29) is 17.9 Å². The van der Waals surface area contributed by atoms with Crippen LogP contribution in [0.15, 0.2) is 0 Å². The molecule has 0 amide bonds. The Kier molecular flexibility index (Phi) is 3.75. The van der Waals surface area contributed by atoms with Crippen molar-refractivity contribution >= 4 is 5.97 Å². The lowest BCUT2D eigenvalue weighted by atomic mass is 9.85. The van der Waals surface area contributed by atoms with Crippen LogP contribution >= 0.6 is 0 Å². The molecule has 0 aromatic rings. The van der Waals surface area contributed by atoms with Crippen LogP contribution < -0.4 is 0 Å². The van der Waals surface area contributed by atoms with Gasteiger partial charge in [0.1, 0.15) is 5.92 Å². The van der Waals surface area contributed by atoms with E-state index in [0.29, 0.717) is 6.61 Å². The number of hydrogen-bond donors (Lipinski definition) is 0. The zero-order chi connectivity index (χ0) is 9.68. The standard InChI is InChI=1S/C10H15NO2/c1-3-13-10(12)8-6-4-5-7-9(8)11-2/h8-9H,3-7H2,1H3/t8-,9+/m1/s1. The van der Waals surface area contributed by atoms with E-state index in [1.165, 1.54) is 0 Å². The average Bonchev–Trinajstić information content (AvgIpc) is 2.18. The van der Waals surface area contributed by atoms with E-state index in [1.54, 1.807) is 6.92 Å². The van der Waals surface area contributed by atoms with Gasteiger partial charge in [-0.05, 0) is 19.8 Å². The second kappa shape index (κ2) is 4.86. The monoisotopic (exact) mass is 181 g/mol. The molecule has 0 spiro atoms. The van der Waals surface area contributed by atoms with Crippen LogP contribution in [0.25, 0.3) is 4.85 Å². The summed E-state index contributed by atoms with van der Waals surface area (Å²) in [5.74, 6) is -0.339. The lowest BCUT2D eigenvalue weighted by molar-refractivity contribution is -0.149. The highest BCUT2D eigenvalue weighted by atomic mass is 16.5. The van der Waals surface area contributed by atoms with Gasteiger partial charge < -0.3 is 9.58 Å². The summed E-state index contributed by atoms with van der Waals surface area (Å²) < 4.78 is 4.93. The first-order valence-electron chi connectivity index (χ1n) is 4.82. The molecular weight excluding hydrogens is 166 g/mol. The van der Waals surface area contributed by atoms with Crippen LogP contribution in [0.2, 0.25) is 0 Å². The number of rotatable bonds is 2. The first kappa shape index (κ1) is 10.0. The van der Waals surface area contributed by atoms with Crippen molar-refractivity contribution in [3.05, 3.63) is 11.4 Å². The summed E-state index contributed by atoms with van der Waals surface area (Å²) in [6.45, 7) is 9.19. The topological polar surface area (TPSA) is 30.7 Å². The van der Waals surface area contributed by atoms with E-state index in [1.807, 2.05) is 0 Å². The Hall–Kier alpha value is -1.04. The summed E-state index contributed by atoms with van der Waals surface area (Å²) in [5, 5.41) is 0. The maximum absolute atomic E-state index is 11.4. The number of nitrogens with zero attached hydrogens (tertiary/aromatic N) is 1. The minimum absolute atomic E-state index is 0.132. The Bertz CT molecular complexity index is 219. The lowest BCUT2D eigenvalue weighted by Gasteiger charge is -2.21. The van der Waals surface area contributed by atoms with Crippen LogP contribution in [0, 0.1) is 12.5 Å². The molecule has 0 N–H and O–H groups in total. The Labute approximate surface area is 78.9 Å². The van der Waals surface area contributed by atoms with Gasteiger partial charge in [-0.25, -0.2) is 6.57 Å². The van der Waals surface area contributed by atoms with Crippen LogP contribution in [-0.2, 0) is 9.53 Å². The molecule has 1 aliphatic rings. The fourth-order valence-corrected chi connectivity index (χ4v) is 1.79. The largest absolute Gasteiger partial charge is 0.466 e. The van der Waals surface area contributed by atoms with Gasteiger partial charge in [0.2, 0.25) is 6.04 Å². The number of esters is 1. The van der Waals surface area contributed by atoms with Gasteiger partial charge in [-0.3, -0.25) is 4.79 Å². The number of carbonyl (C=O) groups excluding carboxylic acids is 1. The predicted octanol–water partition coefficient (Wildman–Crippen LogP) is 2.03. The molecule has 0 aromatic carbocycles. The Morgan fingerprint density at radius 1 is 1.54 bits per heavy atom. The van der Waals surface area contributed by atoms with Crippen LogP contribution in [-0.4, -0.2) is 18.6 Å². The van der Waals surface area contributed by atoms with Gasteiger partial charge in [-0.15, -0.1) is 0 Å². The summed E-state index contributed by atoms with van der Waals surface area (Å²) in [4.78, 5) is 14.9. The zero-order valence-electron chi connectivity index (χ0n) is 7.95. The van der Waals surface area contributed by atoms with E-state index in [0.717, 1.165) is 25.7 Å². The van der Waals surface area contributed by atoms with Crippen LogP contribution in [0.1, 0.15) is 32.6 Å². The smallest absolute Gasteiger partial charge is 0.316 e. The summed E-state index contributed by atoms with van der Waals surface area (Å²) >= 11 is 0. The molecule has 3 heteroatoms. The molecule has 0 heterocycles. The Balaban J connectivity index is 2.54. The van der Waals surface area contributed by atoms with E-state index in [9.17, 15) is 4.79 Å². The molecule has 0 saturated heterocycles. The third-order valence-electron chi connectivity index (χ3n) is 2.48. The minimum atomic E-state index is -0.178. The molecule has 0 aliphatic heterocycles. The number of ether oxygens (including phenoxy) is 1. The average molecular weight is 181 g/mol. The first-order valence-corrected chi connectivity index (χ1v) is 4.82. The van der Waals surface area contributed by atoms with Crippen molar-refractivity contribution in [3.63, 3.8) is 0 Å². The molecule has 1 fully saturated rings. The van der Waals surface area contributed by atoms with Crippen molar-refractivity contribution in [2.24, 2.45) is 5.92 Å². The van der Waals surface area contributed by atoms with Crippen molar-refractivity contribution in [1.82, 2.24) is 0 Å². The summed E-state index contributed by atoms with van der Waals surface area (Å²) in [6, 6.07) is -0.132. The third kappa shape index (κ3) is 2.45. The molecule has 2 atom stereocenters. The number of hydrogen-bond acceptors (Lipinski definition) is 2. The highest BCUT2D eigenvalue weighted by Crippen LogP contribution is 2.27. The van der Waals surface area contributed by atoms with Crippen molar-refractivity contribution < 1.29 is 9.53 Å². The third-order valence-corrected chi connectivity index (χ3v) is 2.48. The molecule has 3 nitrogen and oxygen atoms in total. The Morgan fingerprint density at radius 2 is 2.23 bits per heavy atom. The minimum Gasteiger partial charge on any atom is -0.466 e. The summed E-state index contributed by atoms with van der Waals surface area (Å²) in [6.07, 6.45) is 3.80. The fourth-order valence-electron chi connectivity index (χ4n) is 1.79. The van der Waals surface area contributed by atoms with Gasteiger partial charge in [0.15, 0.2) is 0 Å². The molecule has 1 rings (SSSR count). The van der Waals surface area contributed by atoms with Crippen LogP contribution in [0.4, 0.5) is 0 Å². The normalized spacial score (nSPS) is 27.7. The van der Waals surface area contributed by atoms with E-state index >= 15 is 0 Å². The van der Waals surface area contributed by atoms with Crippen molar-refractivity contribution in [3.8, 4) is 0 Å². The van der Waals surface area contributed by atoms with E-state index in [4.69, 9.17) is 11.3 Å². The molecule has 72 valence electrons. The van der Waals surface area contributed by atoms with E-state index in [2.05, 4.69) is 4.85 Å². The molecule has 1 aliphatic carbocycles. The summed E-state index contributed by atoms with van der Waals surface area (Å²) in [7, 11) is 0. The molecule has 1 saturated carbocycles. The SMILES string of the molecule is [C-]#[N+][C@H]1CCCC[C@H]1C(=O)OCC.